The molecule has 0 aromatic carbocycles. The molecular formula is C4H12O6P2. The van der Waals surface area contributed by atoms with Crippen molar-refractivity contribution in [3.8, 4) is 0 Å². The summed E-state index contributed by atoms with van der Waals surface area (Å²) in [6.45, 7) is 0.303. The van der Waals surface area contributed by atoms with Crippen LogP contribution >= 0.6 is 17.2 Å². The minimum absolute atomic E-state index is 0.101. The van der Waals surface area contributed by atoms with Gasteiger partial charge in [-0.2, -0.15) is 0 Å². The zero-order chi connectivity index (χ0) is 9.40. The van der Waals surface area contributed by atoms with Crippen molar-refractivity contribution in [2.45, 2.75) is 0 Å². The van der Waals surface area contributed by atoms with E-state index in [-0.39, 0.29) is 13.2 Å². The molecular weight excluding hydrogens is 206 g/mol. The minimum atomic E-state index is -2.29. The molecule has 0 rings (SSSR count). The van der Waals surface area contributed by atoms with Crippen LogP contribution in [0.3, 0.4) is 0 Å². The van der Waals surface area contributed by atoms with Gasteiger partial charge >= 0.3 is 17.2 Å². The van der Waals surface area contributed by atoms with E-state index in [1.54, 1.807) is 0 Å². The van der Waals surface area contributed by atoms with E-state index in [0.29, 0.717) is 0 Å². The lowest BCUT2D eigenvalue weighted by Crippen LogP contribution is -1.99. The number of rotatable bonds is 7. The third-order valence-electron chi connectivity index (χ3n) is 0.785. The highest BCUT2D eigenvalue weighted by atomic mass is 31.2. The summed E-state index contributed by atoms with van der Waals surface area (Å²) in [5, 5.41) is 0. The zero-order valence-electron chi connectivity index (χ0n) is 6.84. The smallest absolute Gasteiger partial charge is 0.328 e. The molecule has 0 aliphatic carbocycles. The Bertz CT molecular complexity index is 97.5. The summed E-state index contributed by atoms with van der Waals surface area (Å²) in [5.41, 5.74) is 0. The molecule has 0 unspecified atom stereocenters. The second kappa shape index (κ2) is 8.23. The minimum Gasteiger partial charge on any atom is -0.328 e. The molecule has 0 spiro atoms. The molecule has 0 aromatic rings. The Labute approximate surface area is 73.4 Å². The molecule has 0 aliphatic heterocycles. The highest BCUT2D eigenvalue weighted by Crippen LogP contribution is 2.37. The summed E-state index contributed by atoms with van der Waals surface area (Å²) >= 11 is 0. The molecule has 74 valence electrons. The van der Waals surface area contributed by atoms with Crippen molar-refractivity contribution < 1.29 is 27.9 Å². The maximum atomic E-state index is 8.32. The van der Waals surface area contributed by atoms with Gasteiger partial charge in [-0.15, -0.1) is 0 Å². The molecule has 0 atom stereocenters. The maximum absolute atomic E-state index is 8.32. The van der Waals surface area contributed by atoms with Crippen LogP contribution in [0, 0.1) is 0 Å². The van der Waals surface area contributed by atoms with Crippen LogP contribution < -0.4 is 0 Å². The van der Waals surface area contributed by atoms with Crippen molar-refractivity contribution in [3.63, 3.8) is 0 Å². The summed E-state index contributed by atoms with van der Waals surface area (Å²) < 4.78 is 18.9. The van der Waals surface area contributed by atoms with Crippen LogP contribution in [0.4, 0.5) is 0 Å². The van der Waals surface area contributed by atoms with E-state index >= 15 is 0 Å². The molecule has 2 N–H and O–H groups in total. The Hall–Kier alpha value is 0.620. The van der Waals surface area contributed by atoms with Gasteiger partial charge in [0, 0.05) is 14.2 Å². The van der Waals surface area contributed by atoms with Gasteiger partial charge in [0.15, 0.2) is 0 Å². The first-order valence-corrected chi connectivity index (χ1v) is 5.28. The number of hydrogen-bond donors (Lipinski definition) is 2. The van der Waals surface area contributed by atoms with Crippen molar-refractivity contribution in [2.24, 2.45) is 0 Å². The Kier molecular flexibility index (Phi) is 8.65. The first-order chi connectivity index (χ1) is 5.70. The molecule has 8 heteroatoms. The average Bonchev–Trinajstić information content (AvgIpc) is 2.04. The maximum Gasteiger partial charge on any atom is 0.332 e. The van der Waals surface area contributed by atoms with Crippen LogP contribution in [-0.4, -0.2) is 37.2 Å². The largest absolute Gasteiger partial charge is 0.332 e. The van der Waals surface area contributed by atoms with Crippen molar-refractivity contribution in [3.05, 3.63) is 0 Å². The fourth-order valence-electron chi connectivity index (χ4n) is 0.411. The van der Waals surface area contributed by atoms with Gasteiger partial charge in [0.1, 0.15) is 0 Å². The monoisotopic (exact) mass is 218 g/mol. The summed E-state index contributed by atoms with van der Waals surface area (Å²) in [4.78, 5) is 16.6. The molecule has 0 aromatic heterocycles. The van der Waals surface area contributed by atoms with E-state index in [1.165, 1.54) is 14.2 Å². The Balaban J connectivity index is 3.17. The van der Waals surface area contributed by atoms with Gasteiger partial charge < -0.3 is 27.9 Å². The van der Waals surface area contributed by atoms with Crippen LogP contribution in [0.15, 0.2) is 0 Å². The second-order valence-electron chi connectivity index (χ2n) is 1.51. The lowest BCUT2D eigenvalue weighted by atomic mass is 10.8. The first-order valence-electron chi connectivity index (χ1n) is 3.02. The predicted molar refractivity (Wildman–Crippen MR) is 44.2 cm³/mol. The van der Waals surface area contributed by atoms with Crippen molar-refractivity contribution in [1.82, 2.24) is 0 Å². The van der Waals surface area contributed by atoms with Crippen molar-refractivity contribution in [1.29, 1.82) is 0 Å². The van der Waals surface area contributed by atoms with Gasteiger partial charge in [-0.1, -0.05) is 0 Å². The molecule has 12 heavy (non-hydrogen) atoms. The van der Waals surface area contributed by atoms with E-state index in [2.05, 4.69) is 4.52 Å². The van der Waals surface area contributed by atoms with Gasteiger partial charge in [-0.25, -0.2) is 0 Å². The Morgan fingerprint density at radius 1 is 1.00 bits per heavy atom. The summed E-state index contributed by atoms with van der Waals surface area (Å²) in [5.74, 6) is 0. The van der Waals surface area contributed by atoms with Gasteiger partial charge in [0.25, 0.3) is 0 Å². The lowest BCUT2D eigenvalue weighted by molar-refractivity contribution is 0.159. The van der Waals surface area contributed by atoms with Gasteiger partial charge in [-0.05, 0) is 0 Å². The zero-order valence-corrected chi connectivity index (χ0v) is 8.62. The van der Waals surface area contributed by atoms with Gasteiger partial charge in [0.2, 0.25) is 0 Å². The summed E-state index contributed by atoms with van der Waals surface area (Å²) in [6.07, 6.45) is 0. The van der Waals surface area contributed by atoms with Crippen LogP contribution in [0.25, 0.3) is 0 Å². The van der Waals surface area contributed by atoms with E-state index < -0.39 is 17.2 Å². The lowest BCUT2D eigenvalue weighted by Gasteiger charge is -2.11. The van der Waals surface area contributed by atoms with Gasteiger partial charge in [0.05, 0.1) is 13.2 Å². The topological polar surface area (TPSA) is 77.4 Å². The van der Waals surface area contributed by atoms with E-state index in [4.69, 9.17) is 23.4 Å². The van der Waals surface area contributed by atoms with E-state index in [0.717, 1.165) is 0 Å². The van der Waals surface area contributed by atoms with Crippen molar-refractivity contribution >= 4 is 17.2 Å². The average molecular weight is 218 g/mol. The van der Waals surface area contributed by atoms with E-state index in [9.17, 15) is 0 Å². The summed E-state index contributed by atoms with van der Waals surface area (Å²) in [7, 11) is -0.699. The molecule has 0 fully saturated rings. The molecule has 0 amide bonds. The standard InChI is InChI=1S/C4H12O6P2/c1-7-12(8-2)10-4-3-9-11(5)6/h5-6H,3-4H2,1-2H3. The van der Waals surface area contributed by atoms with E-state index in [1.807, 2.05) is 0 Å². The van der Waals surface area contributed by atoms with Crippen molar-refractivity contribution in [2.75, 3.05) is 27.4 Å². The SMILES string of the molecule is COP(OC)OCCOP(O)O. The fourth-order valence-corrected chi connectivity index (χ4v) is 1.23. The Morgan fingerprint density at radius 2 is 1.50 bits per heavy atom. The third kappa shape index (κ3) is 7.28. The van der Waals surface area contributed by atoms with Crippen LogP contribution in [-0.2, 0) is 18.1 Å². The molecule has 0 radical (unpaired) electrons. The fraction of sp³-hybridized carbons (Fsp3) is 1.00. The van der Waals surface area contributed by atoms with Gasteiger partial charge in [-0.3, -0.25) is 0 Å². The number of hydrogen-bond acceptors (Lipinski definition) is 6. The summed E-state index contributed by atoms with van der Waals surface area (Å²) in [6, 6.07) is 0. The second-order valence-corrected chi connectivity index (χ2v) is 3.71. The molecule has 6 nitrogen and oxygen atoms in total. The molecule has 0 saturated carbocycles. The highest BCUT2D eigenvalue weighted by molar-refractivity contribution is 7.41. The highest BCUT2D eigenvalue weighted by Gasteiger charge is 2.07. The van der Waals surface area contributed by atoms with Crippen LogP contribution in [0.5, 0.6) is 0 Å². The molecule has 0 heterocycles. The third-order valence-corrected chi connectivity index (χ3v) is 2.19. The molecule has 0 saturated heterocycles. The predicted octanol–water partition coefficient (Wildman–Crippen LogP) is 0.751. The van der Waals surface area contributed by atoms with Crippen LogP contribution in [0.2, 0.25) is 0 Å². The molecule has 0 aliphatic rings. The van der Waals surface area contributed by atoms with Crippen LogP contribution in [0.1, 0.15) is 0 Å². The molecule has 0 bridgehead atoms. The normalized spacial score (nSPS) is 11.5. The Morgan fingerprint density at radius 3 is 1.92 bits per heavy atom. The quantitative estimate of drug-likeness (QED) is 0.485. The first kappa shape index (κ1) is 12.6.